The average molecular weight is 289 g/mol. The fourth-order valence-electron chi connectivity index (χ4n) is 1.82. The van der Waals surface area contributed by atoms with Gasteiger partial charge in [-0.25, -0.2) is 8.42 Å². The highest BCUT2D eigenvalue weighted by atomic mass is 32.2. The summed E-state index contributed by atoms with van der Waals surface area (Å²) in [5, 5.41) is 0. The second-order valence-corrected chi connectivity index (χ2v) is 6.17. The summed E-state index contributed by atoms with van der Waals surface area (Å²) in [4.78, 5) is 11.5. The van der Waals surface area contributed by atoms with Gasteiger partial charge in [-0.05, 0) is 32.0 Å². The van der Waals surface area contributed by atoms with Gasteiger partial charge in [0.05, 0.1) is 4.90 Å². The zero-order valence-corrected chi connectivity index (χ0v) is 12.1. The topological polar surface area (TPSA) is 63.2 Å². The van der Waals surface area contributed by atoms with Gasteiger partial charge in [0, 0.05) is 11.3 Å². The van der Waals surface area contributed by atoms with E-state index in [1.165, 1.54) is 19.1 Å². The number of carbonyl (C=O) groups excluding carboxylic acids is 1. The van der Waals surface area contributed by atoms with Crippen molar-refractivity contribution in [2.45, 2.75) is 18.7 Å². The van der Waals surface area contributed by atoms with Crippen LogP contribution in [0.5, 0.6) is 0 Å². The van der Waals surface area contributed by atoms with Crippen LogP contribution in [0, 0.1) is 6.92 Å². The molecule has 1 N–H and O–H groups in total. The molecule has 2 rings (SSSR count). The number of rotatable bonds is 4. The van der Waals surface area contributed by atoms with E-state index in [-0.39, 0.29) is 16.2 Å². The number of aryl methyl sites for hydroxylation is 1. The van der Waals surface area contributed by atoms with E-state index < -0.39 is 10.0 Å². The van der Waals surface area contributed by atoms with Crippen molar-refractivity contribution in [3.63, 3.8) is 0 Å². The highest BCUT2D eigenvalue weighted by molar-refractivity contribution is 7.92. The minimum Gasteiger partial charge on any atom is -0.294 e. The monoisotopic (exact) mass is 289 g/mol. The first-order chi connectivity index (χ1) is 9.40. The van der Waals surface area contributed by atoms with Crippen molar-refractivity contribution in [2.75, 3.05) is 4.72 Å². The summed E-state index contributed by atoms with van der Waals surface area (Å²) in [6.07, 6.45) is 0. The molecule has 0 fully saturated rings. The molecular formula is C15H15NO3S. The Morgan fingerprint density at radius 1 is 1.00 bits per heavy atom. The molecule has 20 heavy (non-hydrogen) atoms. The Kier molecular flexibility index (Phi) is 3.90. The Bertz CT molecular complexity index is 734. The van der Waals surface area contributed by atoms with E-state index >= 15 is 0 Å². The molecule has 0 unspecified atom stereocenters. The van der Waals surface area contributed by atoms with Crippen LogP contribution >= 0.6 is 0 Å². The molecule has 0 aliphatic rings. The molecule has 0 spiro atoms. The second kappa shape index (κ2) is 5.46. The van der Waals surface area contributed by atoms with Gasteiger partial charge >= 0.3 is 0 Å². The number of hydrogen-bond donors (Lipinski definition) is 1. The standard InChI is InChI=1S/C15H15NO3S/c1-11-7-9-13(10-8-11)16-20(18,19)15-6-4-3-5-14(15)12(2)17/h3-10,16H,1-2H3. The van der Waals surface area contributed by atoms with Crippen molar-refractivity contribution < 1.29 is 13.2 Å². The van der Waals surface area contributed by atoms with Crippen molar-refractivity contribution in [2.24, 2.45) is 0 Å². The summed E-state index contributed by atoms with van der Waals surface area (Å²) < 4.78 is 27.2. The maximum Gasteiger partial charge on any atom is 0.262 e. The lowest BCUT2D eigenvalue weighted by atomic mass is 10.1. The summed E-state index contributed by atoms with van der Waals surface area (Å²) in [6, 6.07) is 13.2. The van der Waals surface area contributed by atoms with E-state index in [1.54, 1.807) is 24.3 Å². The summed E-state index contributed by atoms with van der Waals surface area (Å²) in [5.41, 5.74) is 1.69. The quantitative estimate of drug-likeness (QED) is 0.880. The van der Waals surface area contributed by atoms with Gasteiger partial charge in [-0.2, -0.15) is 0 Å². The van der Waals surface area contributed by atoms with Gasteiger partial charge in [-0.1, -0.05) is 35.9 Å². The normalized spacial score (nSPS) is 11.1. The molecular weight excluding hydrogens is 274 g/mol. The van der Waals surface area contributed by atoms with Gasteiger partial charge in [-0.3, -0.25) is 9.52 Å². The van der Waals surface area contributed by atoms with Gasteiger partial charge in [0.2, 0.25) is 0 Å². The van der Waals surface area contributed by atoms with E-state index in [0.29, 0.717) is 5.69 Å². The van der Waals surface area contributed by atoms with Crippen molar-refractivity contribution in [1.29, 1.82) is 0 Å². The Morgan fingerprint density at radius 3 is 2.20 bits per heavy atom. The maximum atomic E-state index is 12.3. The number of carbonyl (C=O) groups is 1. The predicted octanol–water partition coefficient (Wildman–Crippen LogP) is 3.00. The van der Waals surface area contributed by atoms with Gasteiger partial charge < -0.3 is 0 Å². The first-order valence-electron chi connectivity index (χ1n) is 6.09. The van der Waals surface area contributed by atoms with Crippen molar-refractivity contribution >= 4 is 21.5 Å². The number of sulfonamides is 1. The Balaban J connectivity index is 2.41. The summed E-state index contributed by atoms with van der Waals surface area (Å²) in [6.45, 7) is 3.27. The molecule has 0 bridgehead atoms. The third kappa shape index (κ3) is 3.05. The van der Waals surface area contributed by atoms with Crippen LogP contribution in [-0.2, 0) is 10.0 Å². The molecule has 0 saturated heterocycles. The Labute approximate surface area is 118 Å². The maximum absolute atomic E-state index is 12.3. The lowest BCUT2D eigenvalue weighted by Gasteiger charge is -2.11. The van der Waals surface area contributed by atoms with Crippen LogP contribution in [0.2, 0.25) is 0 Å². The molecule has 4 nitrogen and oxygen atoms in total. The van der Waals surface area contributed by atoms with Gasteiger partial charge in [0.25, 0.3) is 10.0 Å². The fourth-order valence-corrected chi connectivity index (χ4v) is 3.14. The minimum atomic E-state index is -3.77. The van der Waals surface area contributed by atoms with Crippen LogP contribution in [0.1, 0.15) is 22.8 Å². The van der Waals surface area contributed by atoms with Crippen LogP contribution in [0.3, 0.4) is 0 Å². The molecule has 104 valence electrons. The molecule has 0 radical (unpaired) electrons. The molecule has 0 atom stereocenters. The van der Waals surface area contributed by atoms with Gasteiger partial charge in [0.15, 0.2) is 5.78 Å². The smallest absolute Gasteiger partial charge is 0.262 e. The molecule has 0 aliphatic carbocycles. The summed E-state index contributed by atoms with van der Waals surface area (Å²) in [7, 11) is -3.77. The Morgan fingerprint density at radius 2 is 1.60 bits per heavy atom. The molecule has 0 heterocycles. The zero-order valence-electron chi connectivity index (χ0n) is 11.3. The molecule has 0 aromatic heterocycles. The van der Waals surface area contributed by atoms with E-state index in [4.69, 9.17) is 0 Å². The van der Waals surface area contributed by atoms with E-state index in [1.807, 2.05) is 19.1 Å². The fraction of sp³-hybridized carbons (Fsp3) is 0.133. The number of benzene rings is 2. The number of nitrogens with one attached hydrogen (secondary N) is 1. The van der Waals surface area contributed by atoms with E-state index in [2.05, 4.69) is 4.72 Å². The number of hydrogen-bond acceptors (Lipinski definition) is 3. The number of ketones is 1. The van der Waals surface area contributed by atoms with E-state index in [0.717, 1.165) is 5.56 Å². The molecule has 0 amide bonds. The highest BCUT2D eigenvalue weighted by Crippen LogP contribution is 2.20. The second-order valence-electron chi connectivity index (χ2n) is 4.52. The molecule has 0 aliphatic heterocycles. The lowest BCUT2D eigenvalue weighted by molar-refractivity contribution is 0.101. The lowest BCUT2D eigenvalue weighted by Crippen LogP contribution is -2.16. The number of Topliss-reactive ketones (excluding diaryl/α,β-unsaturated/α-hetero) is 1. The third-order valence-electron chi connectivity index (χ3n) is 2.86. The molecule has 2 aromatic carbocycles. The van der Waals surface area contributed by atoms with E-state index in [9.17, 15) is 13.2 Å². The minimum absolute atomic E-state index is 0.00641. The van der Waals surface area contributed by atoms with Crippen LogP contribution in [0.15, 0.2) is 53.4 Å². The predicted molar refractivity (Wildman–Crippen MR) is 78.4 cm³/mol. The van der Waals surface area contributed by atoms with Crippen LogP contribution < -0.4 is 4.72 Å². The first-order valence-corrected chi connectivity index (χ1v) is 7.58. The van der Waals surface area contributed by atoms with Crippen LogP contribution in [0.4, 0.5) is 5.69 Å². The van der Waals surface area contributed by atoms with Gasteiger partial charge in [0.1, 0.15) is 0 Å². The largest absolute Gasteiger partial charge is 0.294 e. The van der Waals surface area contributed by atoms with Crippen molar-refractivity contribution in [3.8, 4) is 0 Å². The van der Waals surface area contributed by atoms with Crippen LogP contribution in [0.25, 0.3) is 0 Å². The summed E-state index contributed by atoms with van der Waals surface area (Å²) in [5.74, 6) is -0.283. The van der Waals surface area contributed by atoms with Crippen molar-refractivity contribution in [1.82, 2.24) is 0 Å². The molecule has 5 heteroatoms. The van der Waals surface area contributed by atoms with Gasteiger partial charge in [-0.15, -0.1) is 0 Å². The zero-order chi connectivity index (χ0) is 14.8. The average Bonchev–Trinajstić information content (AvgIpc) is 2.41. The van der Waals surface area contributed by atoms with Crippen molar-refractivity contribution in [3.05, 3.63) is 59.7 Å². The first kappa shape index (κ1) is 14.3. The Hall–Kier alpha value is -2.14. The molecule has 0 saturated carbocycles. The SMILES string of the molecule is CC(=O)c1ccccc1S(=O)(=O)Nc1ccc(C)cc1. The highest BCUT2D eigenvalue weighted by Gasteiger charge is 2.20. The summed E-state index contributed by atoms with van der Waals surface area (Å²) >= 11 is 0. The van der Waals surface area contributed by atoms with Crippen LogP contribution in [-0.4, -0.2) is 14.2 Å². The molecule has 2 aromatic rings. The third-order valence-corrected chi connectivity index (χ3v) is 4.30. The number of anilines is 1.